The van der Waals surface area contributed by atoms with Crippen LogP contribution >= 0.6 is 23.2 Å². The highest BCUT2D eigenvalue weighted by atomic mass is 35.5. The largest absolute Gasteiger partial charge is 0.493 e. The molecule has 1 aliphatic rings. The van der Waals surface area contributed by atoms with Gasteiger partial charge in [-0.3, -0.25) is 4.79 Å². The van der Waals surface area contributed by atoms with E-state index in [9.17, 15) is 4.79 Å². The van der Waals surface area contributed by atoms with Gasteiger partial charge in [0.15, 0.2) is 17.3 Å². The van der Waals surface area contributed by atoms with Crippen LogP contribution in [0.15, 0.2) is 42.0 Å². The molecule has 0 amide bonds. The van der Waals surface area contributed by atoms with Crippen molar-refractivity contribution in [2.45, 2.75) is 0 Å². The number of methoxy groups -OCH3 is 3. The Morgan fingerprint density at radius 3 is 2.32 bits per heavy atom. The lowest BCUT2D eigenvalue weighted by molar-refractivity contribution is 0.104. The molecular weight excluding hydrogens is 403 g/mol. The summed E-state index contributed by atoms with van der Waals surface area (Å²) >= 11 is 12.2. The van der Waals surface area contributed by atoms with Crippen molar-refractivity contribution in [1.29, 1.82) is 0 Å². The van der Waals surface area contributed by atoms with Crippen LogP contribution in [0.3, 0.4) is 0 Å². The summed E-state index contributed by atoms with van der Waals surface area (Å²) in [7, 11) is 4.51. The summed E-state index contributed by atoms with van der Waals surface area (Å²) in [4.78, 5) is 12.6. The molecule has 1 heterocycles. The standard InChI is InChI=1S/C21H18Cl2O5/c1-25-18-8-13(9-19(26-2)21(18)27-3)17(24)5-4-12-6-14-7-15(22)10-16(23)20(14)28-11-12/h4-10H,11H2,1-3H3/b5-4+. The number of hydrogen-bond acceptors (Lipinski definition) is 5. The first-order chi connectivity index (χ1) is 13.5. The van der Waals surface area contributed by atoms with Crippen LogP contribution in [0.2, 0.25) is 10.0 Å². The fourth-order valence-electron chi connectivity index (χ4n) is 2.84. The Morgan fingerprint density at radius 1 is 1.04 bits per heavy atom. The van der Waals surface area contributed by atoms with Crippen LogP contribution in [0.25, 0.3) is 6.08 Å². The van der Waals surface area contributed by atoms with E-state index in [1.54, 1.807) is 30.3 Å². The summed E-state index contributed by atoms with van der Waals surface area (Å²) < 4.78 is 21.5. The number of rotatable bonds is 6. The van der Waals surface area contributed by atoms with E-state index in [0.29, 0.717) is 45.2 Å². The van der Waals surface area contributed by atoms with Crippen molar-refractivity contribution in [2.24, 2.45) is 0 Å². The molecule has 2 aromatic rings. The van der Waals surface area contributed by atoms with Gasteiger partial charge >= 0.3 is 0 Å². The molecule has 0 radical (unpaired) electrons. The minimum atomic E-state index is -0.213. The first-order valence-corrected chi connectivity index (χ1v) is 9.07. The lowest BCUT2D eigenvalue weighted by Gasteiger charge is -2.17. The van der Waals surface area contributed by atoms with Gasteiger partial charge in [-0.2, -0.15) is 0 Å². The highest BCUT2D eigenvalue weighted by Crippen LogP contribution is 2.39. The van der Waals surface area contributed by atoms with Crippen molar-refractivity contribution in [3.05, 3.63) is 63.2 Å². The van der Waals surface area contributed by atoms with Crippen LogP contribution in [0.4, 0.5) is 0 Å². The topological polar surface area (TPSA) is 54.0 Å². The van der Waals surface area contributed by atoms with Crippen LogP contribution < -0.4 is 18.9 Å². The first-order valence-electron chi connectivity index (χ1n) is 8.31. The van der Waals surface area contributed by atoms with Crippen LogP contribution in [0.1, 0.15) is 15.9 Å². The van der Waals surface area contributed by atoms with Crippen LogP contribution in [-0.2, 0) is 0 Å². The van der Waals surface area contributed by atoms with E-state index in [0.717, 1.165) is 11.1 Å². The predicted octanol–water partition coefficient (Wildman–Crippen LogP) is 5.23. The van der Waals surface area contributed by atoms with Crippen molar-refractivity contribution < 1.29 is 23.7 Å². The molecule has 0 aliphatic carbocycles. The fourth-order valence-corrected chi connectivity index (χ4v) is 3.40. The van der Waals surface area contributed by atoms with Gasteiger partial charge in [0, 0.05) is 16.1 Å². The Labute approximate surface area is 173 Å². The average molecular weight is 421 g/mol. The van der Waals surface area contributed by atoms with E-state index in [1.165, 1.54) is 27.4 Å². The molecule has 0 saturated carbocycles. The molecule has 28 heavy (non-hydrogen) atoms. The molecule has 0 unspecified atom stereocenters. The van der Waals surface area contributed by atoms with E-state index in [2.05, 4.69) is 0 Å². The zero-order valence-electron chi connectivity index (χ0n) is 15.5. The summed E-state index contributed by atoms with van der Waals surface area (Å²) in [6.07, 6.45) is 5.05. The van der Waals surface area contributed by atoms with Gasteiger partial charge < -0.3 is 18.9 Å². The molecule has 5 nitrogen and oxygen atoms in total. The predicted molar refractivity (Wildman–Crippen MR) is 110 cm³/mol. The van der Waals surface area contributed by atoms with Crippen molar-refractivity contribution >= 4 is 35.1 Å². The first kappa shape index (κ1) is 20.1. The third-order valence-electron chi connectivity index (χ3n) is 4.16. The lowest BCUT2D eigenvalue weighted by Crippen LogP contribution is -2.07. The molecule has 1 aliphatic heterocycles. The van der Waals surface area contributed by atoms with Crippen LogP contribution in [0.5, 0.6) is 23.0 Å². The second-order valence-corrected chi connectivity index (χ2v) is 6.77. The van der Waals surface area contributed by atoms with E-state index in [-0.39, 0.29) is 5.78 Å². The molecule has 0 saturated heterocycles. The second kappa shape index (κ2) is 8.59. The molecule has 0 aromatic heterocycles. The highest BCUT2D eigenvalue weighted by molar-refractivity contribution is 6.36. The number of carbonyl (C=O) groups is 1. The molecule has 7 heteroatoms. The molecule has 0 N–H and O–H groups in total. The summed E-state index contributed by atoms with van der Waals surface area (Å²) in [6, 6.07) is 6.60. The third-order valence-corrected chi connectivity index (χ3v) is 4.66. The smallest absolute Gasteiger partial charge is 0.203 e. The van der Waals surface area contributed by atoms with Gasteiger partial charge in [-0.15, -0.1) is 0 Å². The Morgan fingerprint density at radius 2 is 1.71 bits per heavy atom. The third kappa shape index (κ3) is 4.11. The summed E-state index contributed by atoms with van der Waals surface area (Å²) in [5, 5.41) is 0.970. The maximum atomic E-state index is 12.6. The second-order valence-electron chi connectivity index (χ2n) is 5.93. The summed E-state index contributed by atoms with van der Waals surface area (Å²) in [5.74, 6) is 1.63. The molecule has 0 atom stereocenters. The molecule has 3 rings (SSSR count). The summed E-state index contributed by atoms with van der Waals surface area (Å²) in [6.45, 7) is 0.299. The Kier molecular flexibility index (Phi) is 6.17. The number of ether oxygens (including phenoxy) is 4. The minimum Gasteiger partial charge on any atom is -0.493 e. The van der Waals surface area contributed by atoms with Gasteiger partial charge in [0.05, 0.1) is 26.4 Å². The van der Waals surface area contributed by atoms with Crippen molar-refractivity contribution in [2.75, 3.05) is 27.9 Å². The maximum Gasteiger partial charge on any atom is 0.203 e. The molecule has 2 aromatic carbocycles. The number of allylic oxidation sites excluding steroid dienone is 1. The normalized spacial score (nSPS) is 12.8. The van der Waals surface area contributed by atoms with Crippen LogP contribution in [0, 0.1) is 0 Å². The van der Waals surface area contributed by atoms with Crippen molar-refractivity contribution in [1.82, 2.24) is 0 Å². The molecule has 146 valence electrons. The minimum absolute atomic E-state index is 0.213. The van der Waals surface area contributed by atoms with E-state index >= 15 is 0 Å². The Balaban J connectivity index is 1.87. The zero-order valence-corrected chi connectivity index (χ0v) is 17.1. The number of carbonyl (C=O) groups excluding carboxylic acids is 1. The maximum absolute atomic E-state index is 12.6. The number of ketones is 1. The van der Waals surface area contributed by atoms with E-state index in [4.69, 9.17) is 42.1 Å². The highest BCUT2D eigenvalue weighted by Gasteiger charge is 2.17. The molecular formula is C21H18Cl2O5. The van der Waals surface area contributed by atoms with E-state index < -0.39 is 0 Å². The van der Waals surface area contributed by atoms with Crippen LogP contribution in [-0.4, -0.2) is 33.7 Å². The summed E-state index contributed by atoms with van der Waals surface area (Å²) in [5.41, 5.74) is 1.99. The van der Waals surface area contributed by atoms with Gasteiger partial charge in [-0.05, 0) is 42.0 Å². The number of benzene rings is 2. The Bertz CT molecular complexity index is 954. The quantitative estimate of drug-likeness (QED) is 0.472. The molecule has 0 bridgehead atoms. The van der Waals surface area contributed by atoms with E-state index in [1.807, 2.05) is 6.08 Å². The van der Waals surface area contributed by atoms with Gasteiger partial charge in [0.1, 0.15) is 12.4 Å². The zero-order chi connectivity index (χ0) is 20.3. The number of halogens is 2. The average Bonchev–Trinajstić information content (AvgIpc) is 2.70. The number of hydrogen-bond donors (Lipinski definition) is 0. The number of fused-ring (bicyclic) bond motifs is 1. The van der Waals surface area contributed by atoms with Gasteiger partial charge in [-0.1, -0.05) is 29.3 Å². The van der Waals surface area contributed by atoms with Crippen molar-refractivity contribution in [3.8, 4) is 23.0 Å². The monoisotopic (exact) mass is 420 g/mol. The molecule has 0 spiro atoms. The van der Waals surface area contributed by atoms with Gasteiger partial charge in [0.2, 0.25) is 5.75 Å². The Hall–Kier alpha value is -2.63. The fraction of sp³-hybridized carbons (Fsp3) is 0.190. The SMILES string of the molecule is COc1cc(C(=O)/C=C/C2=Cc3cc(Cl)cc(Cl)c3OC2)cc(OC)c1OC. The lowest BCUT2D eigenvalue weighted by atomic mass is 10.0. The molecule has 0 fully saturated rings. The van der Waals surface area contributed by atoms with Crippen molar-refractivity contribution in [3.63, 3.8) is 0 Å². The van der Waals surface area contributed by atoms with Gasteiger partial charge in [-0.25, -0.2) is 0 Å². The van der Waals surface area contributed by atoms with Gasteiger partial charge in [0.25, 0.3) is 0 Å².